The molecule has 16 nitrogen and oxygen atoms in total. The molecule has 0 atom stereocenters. The van der Waals surface area contributed by atoms with E-state index in [1.165, 1.54) is 13.2 Å². The molecule has 0 fully saturated rings. The van der Waals surface area contributed by atoms with E-state index in [4.69, 9.17) is 9.11 Å². The van der Waals surface area contributed by atoms with Crippen LogP contribution in [0.3, 0.4) is 0 Å². The summed E-state index contributed by atoms with van der Waals surface area (Å²) in [7, 11) is -16.9. The van der Waals surface area contributed by atoms with Crippen molar-refractivity contribution in [1.82, 2.24) is 0 Å². The quantitative estimate of drug-likeness (QED) is 0.0486. The molecule has 0 bridgehead atoms. The average molecular weight is 783 g/mol. The Labute approximate surface area is 292 Å². The first-order valence-electron chi connectivity index (χ1n) is 15.2. The van der Waals surface area contributed by atoms with Crippen LogP contribution in [0.25, 0.3) is 10.8 Å². The Balaban J connectivity index is 2.58. The molecule has 0 heterocycles. The van der Waals surface area contributed by atoms with Crippen LogP contribution in [0.4, 0.5) is 5.69 Å². The molecule has 0 radical (unpaired) electrons. The third-order valence-corrected chi connectivity index (χ3v) is 10.8. The summed E-state index contributed by atoms with van der Waals surface area (Å²) >= 11 is 0. The highest BCUT2D eigenvalue weighted by Gasteiger charge is 2.23. The second-order valence-electron chi connectivity index (χ2n) is 11.3. The zero-order valence-electron chi connectivity index (χ0n) is 27.7. The van der Waals surface area contributed by atoms with E-state index in [1.54, 1.807) is 38.1 Å². The number of esters is 1. The highest BCUT2D eigenvalue weighted by Crippen LogP contribution is 2.35. The van der Waals surface area contributed by atoms with Crippen molar-refractivity contribution in [3.05, 3.63) is 53.8 Å². The fourth-order valence-corrected chi connectivity index (χ4v) is 7.32. The first-order chi connectivity index (χ1) is 23.0. The topological polar surface area (TPSA) is 259 Å². The number of carbonyl (C=O) groups excluding carboxylic acids is 1. The summed E-state index contributed by atoms with van der Waals surface area (Å²) in [4.78, 5) is 16.3. The first-order valence-corrected chi connectivity index (χ1v) is 21.3. The van der Waals surface area contributed by atoms with Crippen LogP contribution in [-0.4, -0.2) is 95.3 Å². The number of carbonyl (C=O) groups is 1. The molecule has 0 amide bonds. The summed E-state index contributed by atoms with van der Waals surface area (Å²) in [6, 6.07) is 4.75. The van der Waals surface area contributed by atoms with Crippen LogP contribution in [0, 0.1) is 6.92 Å². The van der Waals surface area contributed by atoms with Crippen LogP contribution in [0.15, 0.2) is 63.0 Å². The van der Waals surface area contributed by atoms with Crippen LogP contribution in [0.5, 0.6) is 0 Å². The molecule has 0 aromatic heterocycles. The van der Waals surface area contributed by atoms with Crippen LogP contribution >= 0.6 is 0 Å². The number of hydrogen-bond acceptors (Lipinski definition) is 12. The van der Waals surface area contributed by atoms with E-state index in [1.807, 2.05) is 4.90 Å². The van der Waals surface area contributed by atoms with Gasteiger partial charge in [0.1, 0.15) is 4.90 Å². The predicted molar refractivity (Wildman–Crippen MR) is 188 cm³/mol. The maximum absolute atomic E-state index is 12.2. The van der Waals surface area contributed by atoms with Gasteiger partial charge in [-0.1, -0.05) is 18.6 Å². The largest absolute Gasteiger partial charge is 0.469 e. The molecule has 0 unspecified atom stereocenters. The van der Waals surface area contributed by atoms with Gasteiger partial charge in [-0.05, 0) is 87.3 Å². The Morgan fingerprint density at radius 1 is 0.820 bits per heavy atom. The van der Waals surface area contributed by atoms with E-state index < -0.39 is 61.8 Å². The minimum absolute atomic E-state index is 0.00687. The number of fused-ring (bicyclic) bond motifs is 1. The number of anilines is 1. The molecular formula is C30H42N2O14S4. The second-order valence-corrected chi connectivity index (χ2v) is 17.2. The van der Waals surface area contributed by atoms with E-state index in [2.05, 4.69) is 9.73 Å². The number of aryl methyl sites for hydroxylation is 1. The summed E-state index contributed by atoms with van der Waals surface area (Å²) in [5, 5.41) is 0.142. The van der Waals surface area contributed by atoms with Gasteiger partial charge in [-0.2, -0.15) is 33.7 Å². The standard InChI is InChI=1S/C30H42N2O14S4/c1-22(10-7-11-24(12-8-18-47(34,35)36)31-16-9-19-48(37,38)39)32(17-6-4-5-13-30(33)46-3)28-15-14-26-27(23(28)2)20-25(49(40,41)42)21-29(26)50(43,44)45/h7,10-11,14-15,20-21H,4-6,8-9,12-13,16-19H2,1-3H3,(H,34,35,36)(H,37,38,39)(H,40,41,42)(H,43,44,45)/b11-7+,22-10+,31-24+. The van der Waals surface area contributed by atoms with Gasteiger partial charge in [-0.3, -0.25) is 28.0 Å². The number of rotatable bonds is 20. The fraction of sp³-hybridized carbons (Fsp3) is 0.467. The highest BCUT2D eigenvalue weighted by molar-refractivity contribution is 7.87. The molecule has 2 rings (SSSR count). The van der Waals surface area contributed by atoms with Gasteiger partial charge in [0, 0.05) is 42.0 Å². The first kappa shape index (κ1) is 42.9. The van der Waals surface area contributed by atoms with Gasteiger partial charge in [0.2, 0.25) is 0 Å². The maximum Gasteiger partial charge on any atom is 0.305 e. The van der Waals surface area contributed by atoms with E-state index in [0.717, 1.165) is 6.07 Å². The fourth-order valence-electron chi connectivity index (χ4n) is 4.98. The van der Waals surface area contributed by atoms with Crippen molar-refractivity contribution < 1.29 is 61.4 Å². The van der Waals surface area contributed by atoms with Crippen molar-refractivity contribution in [3.63, 3.8) is 0 Å². The molecule has 2 aromatic carbocycles. The Morgan fingerprint density at radius 2 is 1.46 bits per heavy atom. The lowest BCUT2D eigenvalue weighted by atomic mass is 10.0. The molecule has 0 spiro atoms. The molecule has 0 saturated carbocycles. The van der Waals surface area contributed by atoms with Crippen LogP contribution in [-0.2, 0) is 50.0 Å². The molecule has 0 aliphatic rings. The lowest BCUT2D eigenvalue weighted by Crippen LogP contribution is -2.23. The van der Waals surface area contributed by atoms with Gasteiger partial charge in [0.25, 0.3) is 40.5 Å². The Hall–Kier alpha value is -3.24. The molecule has 50 heavy (non-hydrogen) atoms. The number of nitrogens with zero attached hydrogens (tertiary/aromatic N) is 2. The lowest BCUT2D eigenvalue weighted by Gasteiger charge is -2.28. The van der Waals surface area contributed by atoms with Gasteiger partial charge < -0.3 is 9.64 Å². The number of hydrogen-bond donors (Lipinski definition) is 4. The van der Waals surface area contributed by atoms with Gasteiger partial charge in [0.15, 0.2) is 0 Å². The Kier molecular flexibility index (Phi) is 15.7. The highest BCUT2D eigenvalue weighted by atomic mass is 32.2. The number of aliphatic imine (C=N–C) groups is 1. The van der Waals surface area contributed by atoms with Gasteiger partial charge in [0.05, 0.1) is 23.5 Å². The molecule has 20 heteroatoms. The van der Waals surface area contributed by atoms with Crippen molar-refractivity contribution in [2.24, 2.45) is 4.99 Å². The smallest absolute Gasteiger partial charge is 0.305 e. The van der Waals surface area contributed by atoms with Crippen LogP contribution < -0.4 is 4.90 Å². The summed E-state index contributed by atoms with van der Waals surface area (Å²) < 4.78 is 135. The third kappa shape index (κ3) is 14.5. The van der Waals surface area contributed by atoms with E-state index in [0.29, 0.717) is 54.5 Å². The molecule has 4 N–H and O–H groups in total. The number of unbranched alkanes of at least 4 members (excludes halogenated alkanes) is 2. The Bertz CT molecular complexity index is 2070. The summed E-state index contributed by atoms with van der Waals surface area (Å²) in [6.45, 7) is 3.75. The summed E-state index contributed by atoms with van der Waals surface area (Å²) in [6.07, 6.45) is 6.95. The van der Waals surface area contributed by atoms with Gasteiger partial charge in [-0.15, -0.1) is 0 Å². The molecule has 0 aliphatic heterocycles. The maximum atomic E-state index is 12.2. The predicted octanol–water partition coefficient (Wildman–Crippen LogP) is 4.03. The van der Waals surface area contributed by atoms with Gasteiger partial charge >= 0.3 is 5.97 Å². The van der Waals surface area contributed by atoms with Crippen molar-refractivity contribution in [1.29, 1.82) is 0 Å². The normalized spacial score (nSPS) is 13.7. The summed E-state index contributed by atoms with van der Waals surface area (Å²) in [5.74, 6) is -1.40. The van der Waals surface area contributed by atoms with E-state index in [9.17, 15) is 47.6 Å². The van der Waals surface area contributed by atoms with Crippen molar-refractivity contribution in [3.8, 4) is 0 Å². The van der Waals surface area contributed by atoms with Gasteiger partial charge in [-0.25, -0.2) is 0 Å². The summed E-state index contributed by atoms with van der Waals surface area (Å²) in [5.41, 5.74) is 1.95. The lowest BCUT2D eigenvalue weighted by molar-refractivity contribution is -0.140. The zero-order chi connectivity index (χ0) is 37.9. The average Bonchev–Trinajstić information content (AvgIpc) is 2.98. The minimum Gasteiger partial charge on any atom is -0.469 e. The zero-order valence-corrected chi connectivity index (χ0v) is 31.0. The number of allylic oxidation sites excluding steroid dienone is 4. The number of ether oxygens (including phenoxy) is 1. The minimum atomic E-state index is -4.91. The van der Waals surface area contributed by atoms with Crippen LogP contribution in [0.1, 0.15) is 57.4 Å². The van der Waals surface area contributed by atoms with Crippen molar-refractivity contribution >= 4 is 68.6 Å². The molecule has 0 saturated heterocycles. The Morgan fingerprint density at radius 3 is 2.04 bits per heavy atom. The molecular weight excluding hydrogens is 741 g/mol. The molecule has 0 aliphatic carbocycles. The van der Waals surface area contributed by atoms with Crippen molar-refractivity contribution in [2.75, 3.05) is 36.6 Å². The second kappa shape index (κ2) is 18.3. The molecule has 2 aromatic rings. The monoisotopic (exact) mass is 782 g/mol. The van der Waals surface area contributed by atoms with E-state index >= 15 is 0 Å². The third-order valence-electron chi connectivity index (χ3n) is 7.43. The SMILES string of the molecule is COC(=O)CCCCCN(/C(C)=C/C=C/C(CCCS(=O)(=O)O)=N\CCCS(=O)(=O)O)c1ccc2c(S(=O)(=O)O)cc(S(=O)(=O)O)cc2c1C. The number of benzene rings is 2. The number of methoxy groups -OCH3 is 1. The molecule has 280 valence electrons. The van der Waals surface area contributed by atoms with E-state index in [-0.39, 0.29) is 49.0 Å². The van der Waals surface area contributed by atoms with Crippen LogP contribution in [0.2, 0.25) is 0 Å². The van der Waals surface area contributed by atoms with Crippen molar-refractivity contribution in [2.45, 2.75) is 68.6 Å².